The van der Waals surface area contributed by atoms with E-state index in [1.54, 1.807) is 0 Å². The van der Waals surface area contributed by atoms with E-state index in [1.807, 2.05) is 0 Å². The van der Waals surface area contributed by atoms with Crippen molar-refractivity contribution in [2.75, 3.05) is 0 Å². The Morgan fingerprint density at radius 2 is 0.469 bits per heavy atom. The van der Waals surface area contributed by atoms with Crippen LogP contribution in [-0.2, 0) is 0 Å². The highest BCUT2D eigenvalue weighted by Gasteiger charge is 2.86. The topological polar surface area (TPSA) is 0 Å². The predicted octanol–water partition coefficient (Wildman–Crippen LogP) is 10.2. The van der Waals surface area contributed by atoms with E-state index in [2.05, 4.69) is 122 Å². The molecule has 0 aromatic rings. The second-order valence-electron chi connectivity index (χ2n) is 14.6. The van der Waals surface area contributed by atoms with Gasteiger partial charge in [-0.15, -0.1) is 0 Å². The average molecular weight is 555 g/mol. The first kappa shape index (κ1) is 33.2. The smallest absolute Gasteiger partial charge is 0.240 e. The van der Waals surface area contributed by atoms with Crippen molar-refractivity contribution in [1.29, 1.82) is 0 Å². The molecule has 0 heterocycles. The van der Waals surface area contributed by atoms with Crippen molar-refractivity contribution in [2.45, 2.75) is 156 Å². The largest absolute Gasteiger partial charge is 0.322 e. The van der Waals surface area contributed by atoms with Crippen LogP contribution >= 0.6 is 0 Å². The van der Waals surface area contributed by atoms with E-state index in [9.17, 15) is 0 Å². The summed E-state index contributed by atoms with van der Waals surface area (Å²) in [6.45, 7) is 33.5. The van der Waals surface area contributed by atoms with E-state index in [1.165, 1.54) is 0 Å². The van der Waals surface area contributed by atoms with Crippen molar-refractivity contribution in [3.8, 4) is 0 Å². The van der Waals surface area contributed by atoms with Crippen molar-refractivity contribution >= 4 is 44.3 Å². The highest BCUT2D eigenvalue weighted by Crippen LogP contribution is 2.62. The zero-order valence-corrected chi connectivity index (χ0v) is 31.2. The fraction of sp³-hybridized carbons (Fsp3) is 1.00. The van der Waals surface area contributed by atoms with Gasteiger partial charge in [0.1, 0.15) is 0 Å². The molecule has 194 valence electrons. The van der Waals surface area contributed by atoms with E-state index in [0.29, 0.717) is 33.2 Å². The third-order valence-electron chi connectivity index (χ3n) is 9.47. The summed E-state index contributed by atoms with van der Waals surface area (Å²) in [4.78, 5) is 0. The van der Waals surface area contributed by atoms with Gasteiger partial charge in [0, 0.05) is 0 Å². The Balaban J connectivity index is 8.47. The average Bonchev–Trinajstić information content (AvgIpc) is 2.50. The number of halogens is 2. The fourth-order valence-electron chi connectivity index (χ4n) is 9.32. The summed E-state index contributed by atoms with van der Waals surface area (Å²) in [6.07, 6.45) is 0. The quantitative estimate of drug-likeness (QED) is 0.176. The lowest BCUT2D eigenvalue weighted by Crippen LogP contribution is -2.98. The molecule has 8 heteroatoms. The SMILES string of the molecule is CC(C)[Si](C(C)C)(C(C)C)[Si@](F)([Si](C)(C)C)[Si@](F)([Si](C)(C)C)[Si](C(C)C)(C(C)C)C(C)C. The van der Waals surface area contributed by atoms with Crippen molar-refractivity contribution in [3.63, 3.8) is 0 Å². The minimum atomic E-state index is -3.76. The summed E-state index contributed by atoms with van der Waals surface area (Å²) in [5.74, 6) is 0. The minimum absolute atomic E-state index is 0.294. The van der Waals surface area contributed by atoms with E-state index >= 15 is 8.22 Å². The van der Waals surface area contributed by atoms with Gasteiger partial charge in [-0.3, -0.25) is 0 Å². The van der Waals surface area contributed by atoms with Gasteiger partial charge in [0.25, 0.3) is 0 Å². The summed E-state index contributed by atoms with van der Waals surface area (Å²) in [5, 5.41) is 0. The molecule has 0 bridgehead atoms. The molecular formula is C24H60F2Si6. The Morgan fingerprint density at radius 1 is 0.344 bits per heavy atom. The molecule has 0 saturated heterocycles. The van der Waals surface area contributed by atoms with E-state index in [0.717, 1.165) is 0 Å². The summed E-state index contributed by atoms with van der Waals surface area (Å²) in [7, 11) is -10.1. The maximum atomic E-state index is 19.5. The van der Waals surface area contributed by atoms with Gasteiger partial charge in [-0.1, -0.05) is 156 Å². The third-order valence-corrected chi connectivity index (χ3v) is 125. The van der Waals surface area contributed by atoms with Crippen LogP contribution in [0.25, 0.3) is 0 Å². The molecule has 0 nitrogen and oxygen atoms in total. The molecule has 0 spiro atoms. The third kappa shape index (κ3) is 4.20. The van der Waals surface area contributed by atoms with Gasteiger partial charge in [0.05, 0.1) is 30.4 Å². The molecule has 0 aromatic carbocycles. The second-order valence-corrected chi connectivity index (χ2v) is 72.5. The van der Waals surface area contributed by atoms with Crippen LogP contribution in [0.15, 0.2) is 0 Å². The Morgan fingerprint density at radius 3 is 0.531 bits per heavy atom. The zero-order valence-electron chi connectivity index (χ0n) is 25.2. The highest BCUT2D eigenvalue weighted by atomic mass is 30.2. The first-order valence-electron chi connectivity index (χ1n) is 13.3. The minimum Gasteiger partial charge on any atom is -0.322 e. The van der Waals surface area contributed by atoms with Gasteiger partial charge in [-0.2, -0.15) is 0 Å². The van der Waals surface area contributed by atoms with Gasteiger partial charge in [0.15, 0.2) is 0 Å². The Kier molecular flexibility index (Phi) is 10.6. The number of hydrogen-bond donors (Lipinski definition) is 0. The Bertz CT molecular complexity index is 521. The summed E-state index contributed by atoms with van der Waals surface area (Å²) >= 11 is 0. The maximum absolute atomic E-state index is 19.5. The molecule has 0 fully saturated rings. The van der Waals surface area contributed by atoms with E-state index in [4.69, 9.17) is 0 Å². The normalized spacial score (nSPS) is 18.9. The van der Waals surface area contributed by atoms with E-state index in [-0.39, 0.29) is 0 Å². The predicted molar refractivity (Wildman–Crippen MR) is 163 cm³/mol. The second kappa shape index (κ2) is 10.3. The van der Waals surface area contributed by atoms with Gasteiger partial charge >= 0.3 is 0 Å². The molecule has 0 N–H and O–H groups in total. The molecule has 0 radical (unpaired) electrons. The summed E-state index contributed by atoms with van der Waals surface area (Å²) in [6, 6.07) is 0. The lowest BCUT2D eigenvalue weighted by Gasteiger charge is -2.67. The Labute approximate surface area is 207 Å². The van der Waals surface area contributed by atoms with Crippen LogP contribution in [0.3, 0.4) is 0 Å². The molecule has 0 amide bonds. The van der Waals surface area contributed by atoms with Gasteiger partial charge in [-0.25, -0.2) is 0 Å². The molecular weight excluding hydrogens is 495 g/mol. The molecule has 0 saturated carbocycles. The van der Waals surface area contributed by atoms with Crippen molar-refractivity contribution in [3.05, 3.63) is 0 Å². The van der Waals surface area contributed by atoms with Crippen molar-refractivity contribution in [2.24, 2.45) is 0 Å². The molecule has 0 aliphatic heterocycles. The lowest BCUT2D eigenvalue weighted by molar-refractivity contribution is 0.759. The molecule has 0 aliphatic carbocycles. The molecule has 0 aliphatic rings. The fourth-order valence-corrected chi connectivity index (χ4v) is 208. The van der Waals surface area contributed by atoms with Gasteiger partial charge < -0.3 is 8.22 Å². The molecule has 32 heavy (non-hydrogen) atoms. The zero-order chi connectivity index (χ0) is 26.5. The van der Waals surface area contributed by atoms with Crippen LogP contribution in [0.2, 0.25) is 72.5 Å². The molecule has 2 atom stereocenters. The molecule has 0 aromatic heterocycles. The van der Waals surface area contributed by atoms with E-state index < -0.39 is 44.3 Å². The monoisotopic (exact) mass is 554 g/mol. The van der Waals surface area contributed by atoms with Crippen LogP contribution in [0.5, 0.6) is 0 Å². The highest BCUT2D eigenvalue weighted by molar-refractivity contribution is 8.07. The molecule has 0 unspecified atom stereocenters. The van der Waals surface area contributed by atoms with Crippen LogP contribution in [0.1, 0.15) is 83.1 Å². The first-order valence-corrected chi connectivity index (χ1v) is 33.5. The Hall–Kier alpha value is 1.16. The number of hydrogen-bond acceptors (Lipinski definition) is 0. The first-order chi connectivity index (χ1) is 13.9. The van der Waals surface area contributed by atoms with Crippen LogP contribution in [0.4, 0.5) is 8.22 Å². The van der Waals surface area contributed by atoms with Gasteiger partial charge in [-0.05, 0) is 0 Å². The lowest BCUT2D eigenvalue weighted by atomic mass is 10.5. The van der Waals surface area contributed by atoms with Crippen molar-refractivity contribution < 1.29 is 8.22 Å². The maximum Gasteiger partial charge on any atom is 0.240 e. The number of rotatable bonds is 11. The van der Waals surface area contributed by atoms with Crippen LogP contribution < -0.4 is 0 Å². The van der Waals surface area contributed by atoms with Crippen molar-refractivity contribution in [1.82, 2.24) is 0 Å². The molecule has 0 rings (SSSR count). The standard InChI is InChI=1S/C24H60F2Si6/c1-19(2)29(20(3)4,21(5)6)31(25,27(13,14)15)32(26,28(16,17)18)30(22(7)8,23(9)10)24(11)12/h19-24H,1-18H3/t31-,32+. The van der Waals surface area contributed by atoms with Gasteiger partial charge in [0.2, 0.25) is 13.9 Å². The summed E-state index contributed by atoms with van der Waals surface area (Å²) < 4.78 is 39.0. The van der Waals surface area contributed by atoms with Crippen LogP contribution in [0, 0.1) is 0 Å². The summed E-state index contributed by atoms with van der Waals surface area (Å²) in [5.41, 5.74) is 1.77. The van der Waals surface area contributed by atoms with Crippen LogP contribution in [-0.4, -0.2) is 44.3 Å².